The maximum atomic E-state index is 14.5. The second-order valence-corrected chi connectivity index (χ2v) is 8.76. The van der Waals surface area contributed by atoms with Gasteiger partial charge in [-0.25, -0.2) is 23.8 Å². The molecule has 1 amide bonds. The molecule has 0 unspecified atom stereocenters. The Hall–Kier alpha value is -3.93. The molecule has 2 aromatic heterocycles. The van der Waals surface area contributed by atoms with E-state index in [0.717, 1.165) is 18.6 Å². The van der Waals surface area contributed by atoms with Gasteiger partial charge in [-0.2, -0.15) is 0 Å². The zero-order valence-corrected chi connectivity index (χ0v) is 19.1. The minimum absolute atomic E-state index is 0.0254. The number of aromatic nitrogens is 3. The third-order valence-corrected chi connectivity index (χ3v) is 5.82. The van der Waals surface area contributed by atoms with Gasteiger partial charge in [0.05, 0.1) is 6.04 Å². The summed E-state index contributed by atoms with van der Waals surface area (Å²) in [6.45, 7) is 4.02. The second kappa shape index (κ2) is 8.69. The summed E-state index contributed by atoms with van der Waals surface area (Å²) < 4.78 is 40.5. The molecule has 5 rings (SSSR count). The van der Waals surface area contributed by atoms with Crippen LogP contribution in [0.1, 0.15) is 48.7 Å². The Morgan fingerprint density at radius 2 is 2.17 bits per heavy atom. The second-order valence-electron chi connectivity index (χ2n) is 8.76. The van der Waals surface area contributed by atoms with Gasteiger partial charge in [0.2, 0.25) is 5.79 Å². The number of benzene rings is 1. The molecule has 0 saturated carbocycles. The number of carbonyl (C=O) groups excluding carboxylic acids is 1. The number of rotatable bonds is 6. The normalized spacial score (nSPS) is 18.9. The number of nitrogens with one attached hydrogen (secondary N) is 1. The number of fused-ring (bicyclic) bond motifs is 1. The van der Waals surface area contributed by atoms with Gasteiger partial charge in [0.15, 0.2) is 17.2 Å². The van der Waals surface area contributed by atoms with E-state index in [1.807, 2.05) is 4.90 Å². The van der Waals surface area contributed by atoms with Gasteiger partial charge < -0.3 is 20.1 Å². The van der Waals surface area contributed by atoms with Crippen molar-refractivity contribution < 1.29 is 27.9 Å². The Morgan fingerprint density at radius 3 is 2.94 bits per heavy atom. The number of hydroxylamine groups is 1. The third kappa shape index (κ3) is 4.44. The number of nitrogens with two attached hydrogens (primary N) is 1. The Kier molecular flexibility index (Phi) is 5.67. The predicted molar refractivity (Wildman–Crippen MR) is 121 cm³/mol. The van der Waals surface area contributed by atoms with Crippen LogP contribution in [0.5, 0.6) is 0 Å². The lowest BCUT2D eigenvalue weighted by atomic mass is 10.0. The number of halogens is 2. The highest BCUT2D eigenvalue weighted by atomic mass is 19.1. The molecule has 10 nitrogen and oxygen atoms in total. The van der Waals surface area contributed by atoms with Crippen LogP contribution in [0.4, 0.5) is 20.4 Å². The number of hydrogen-bond donors (Lipinski definition) is 2. The maximum Gasteiger partial charge on any atom is 0.282 e. The molecule has 4 heterocycles. The largest absolute Gasteiger partial charge is 0.457 e. The zero-order valence-electron chi connectivity index (χ0n) is 19.1. The lowest BCUT2D eigenvalue weighted by Gasteiger charge is -2.26. The molecule has 1 aromatic carbocycles. The van der Waals surface area contributed by atoms with Crippen molar-refractivity contribution in [3.8, 4) is 0 Å². The average molecular weight is 486 g/mol. The highest BCUT2D eigenvalue weighted by molar-refractivity contribution is 6.03. The number of ether oxygens (including phenoxy) is 2. The van der Waals surface area contributed by atoms with Crippen molar-refractivity contribution >= 4 is 23.2 Å². The van der Waals surface area contributed by atoms with E-state index in [2.05, 4.69) is 15.6 Å². The summed E-state index contributed by atoms with van der Waals surface area (Å²) in [5.74, 6) is -1.56. The van der Waals surface area contributed by atoms with Crippen LogP contribution >= 0.6 is 0 Å². The molecule has 0 radical (unpaired) electrons. The van der Waals surface area contributed by atoms with Gasteiger partial charge >= 0.3 is 0 Å². The van der Waals surface area contributed by atoms with Crippen LogP contribution in [0.15, 0.2) is 42.5 Å². The highest BCUT2D eigenvalue weighted by Crippen LogP contribution is 2.37. The molecule has 184 valence electrons. The first kappa shape index (κ1) is 22.8. The van der Waals surface area contributed by atoms with Crippen molar-refractivity contribution in [2.75, 3.05) is 23.8 Å². The van der Waals surface area contributed by atoms with Gasteiger partial charge in [-0.15, -0.1) is 5.10 Å². The molecule has 1 saturated heterocycles. The number of nitrogen functional groups attached to an aromatic ring is 1. The van der Waals surface area contributed by atoms with E-state index in [1.54, 1.807) is 26.1 Å². The van der Waals surface area contributed by atoms with E-state index < -0.39 is 29.4 Å². The molecule has 12 heteroatoms. The molecule has 2 aliphatic rings. The zero-order chi connectivity index (χ0) is 24.7. The van der Waals surface area contributed by atoms with Crippen LogP contribution in [0.2, 0.25) is 0 Å². The summed E-state index contributed by atoms with van der Waals surface area (Å²) in [5.41, 5.74) is 8.80. The lowest BCUT2D eigenvalue weighted by Crippen LogP contribution is -2.27. The Bertz CT molecular complexity index is 1320. The third-order valence-electron chi connectivity index (χ3n) is 5.82. The first-order valence-electron chi connectivity index (χ1n) is 11.1. The van der Waals surface area contributed by atoms with Crippen molar-refractivity contribution in [1.29, 1.82) is 0 Å². The van der Waals surface area contributed by atoms with Crippen molar-refractivity contribution in [2.45, 2.75) is 38.5 Å². The molecule has 0 bridgehead atoms. The van der Waals surface area contributed by atoms with Crippen LogP contribution in [-0.4, -0.2) is 39.4 Å². The minimum atomic E-state index is -0.794. The first-order chi connectivity index (χ1) is 16.7. The van der Waals surface area contributed by atoms with Crippen molar-refractivity contribution in [1.82, 2.24) is 20.1 Å². The molecular weight excluding hydrogens is 462 g/mol. The smallest absolute Gasteiger partial charge is 0.282 e. The fourth-order valence-corrected chi connectivity index (χ4v) is 4.31. The quantitative estimate of drug-likeness (QED) is 0.511. The van der Waals surface area contributed by atoms with Gasteiger partial charge in [0.25, 0.3) is 5.91 Å². The van der Waals surface area contributed by atoms with E-state index in [9.17, 15) is 13.6 Å². The van der Waals surface area contributed by atoms with E-state index in [1.165, 1.54) is 16.8 Å². The van der Waals surface area contributed by atoms with E-state index in [0.29, 0.717) is 24.5 Å². The van der Waals surface area contributed by atoms with Crippen LogP contribution in [0, 0.1) is 11.6 Å². The van der Waals surface area contributed by atoms with Crippen LogP contribution in [-0.2, 0) is 14.3 Å². The van der Waals surface area contributed by atoms with Gasteiger partial charge in [-0.05, 0) is 37.1 Å². The van der Waals surface area contributed by atoms with Crippen LogP contribution in [0.3, 0.4) is 0 Å². The Labute approximate surface area is 199 Å². The molecule has 1 atom stereocenters. The van der Waals surface area contributed by atoms with Crippen molar-refractivity contribution in [3.63, 3.8) is 0 Å². The first-order valence-corrected chi connectivity index (χ1v) is 11.1. The topological polar surface area (TPSA) is 116 Å². The van der Waals surface area contributed by atoms with Crippen molar-refractivity contribution in [3.05, 3.63) is 65.2 Å². The maximum absolute atomic E-state index is 14.5. The number of nitrogens with zero attached hydrogens (tertiary/aromatic N) is 4. The van der Waals surface area contributed by atoms with E-state index in [4.69, 9.17) is 20.0 Å². The average Bonchev–Trinajstić information content (AvgIpc) is 3.51. The molecule has 3 N–H and O–H groups in total. The molecule has 1 fully saturated rings. The molecule has 2 aliphatic heterocycles. The van der Waals surface area contributed by atoms with Gasteiger partial charge in [0.1, 0.15) is 35.9 Å². The molecule has 35 heavy (non-hydrogen) atoms. The molecule has 3 aromatic rings. The summed E-state index contributed by atoms with van der Waals surface area (Å²) >= 11 is 0. The lowest BCUT2D eigenvalue weighted by molar-refractivity contribution is -0.123. The fourth-order valence-electron chi connectivity index (χ4n) is 4.31. The fraction of sp³-hybridized carbons (Fsp3) is 0.348. The van der Waals surface area contributed by atoms with Gasteiger partial charge in [-0.1, -0.05) is 0 Å². The predicted octanol–water partition coefficient (Wildman–Crippen LogP) is 3.22. The molecular formula is C23H24F2N6O4. The standard InChI is InChI=1S/C23H24F2N6O4/c1-23(2)33-11-14(35-23)12-34-29-22(32)19-20(26)28-31-9-7-18(27-21(19)31)30-8-3-4-17(30)15-10-13(24)5-6-16(15)25/h5-7,9-11,17H,3-4,8,12H2,1-2H3,(H2,26,28)(H,29,32)/t17-/m1/s1. The van der Waals surface area contributed by atoms with Crippen LogP contribution < -0.4 is 16.1 Å². The van der Waals surface area contributed by atoms with Gasteiger partial charge in [-0.3, -0.25) is 9.63 Å². The van der Waals surface area contributed by atoms with Crippen LogP contribution in [0.25, 0.3) is 5.65 Å². The number of carbonyl (C=O) groups is 1. The summed E-state index contributed by atoms with van der Waals surface area (Å²) in [5, 5.41) is 4.14. The molecule has 0 spiro atoms. The number of hydrogen-bond acceptors (Lipinski definition) is 8. The van der Waals surface area contributed by atoms with Gasteiger partial charge in [0, 0.05) is 32.2 Å². The minimum Gasteiger partial charge on any atom is -0.457 e. The Morgan fingerprint density at radius 1 is 1.34 bits per heavy atom. The number of amides is 1. The van der Waals surface area contributed by atoms with E-state index >= 15 is 0 Å². The summed E-state index contributed by atoms with van der Waals surface area (Å²) in [6.07, 6.45) is 4.43. The monoisotopic (exact) mass is 486 g/mol. The highest BCUT2D eigenvalue weighted by Gasteiger charge is 2.31. The summed E-state index contributed by atoms with van der Waals surface area (Å²) in [4.78, 5) is 24.6. The molecule has 0 aliphatic carbocycles. The number of anilines is 2. The SMILES string of the molecule is CC1(C)OC=C(CONC(=O)c2c(N)nn3ccc(N4CCC[C@@H]4c4cc(F)ccc4F)nc23)O1. The summed E-state index contributed by atoms with van der Waals surface area (Å²) in [7, 11) is 0. The Balaban J connectivity index is 1.37. The van der Waals surface area contributed by atoms with E-state index in [-0.39, 0.29) is 29.2 Å². The summed E-state index contributed by atoms with van der Waals surface area (Å²) in [6, 6.07) is 4.72. The van der Waals surface area contributed by atoms with Crippen molar-refractivity contribution in [2.24, 2.45) is 0 Å².